The number of nitrogens with one attached hydrogen (secondary N) is 2. The Balaban J connectivity index is 0.00000341. The molecule has 1 amide bonds. The second-order valence-electron chi connectivity index (χ2n) is 6.95. The number of hydrogen-bond donors (Lipinski definition) is 2. The van der Waals surface area contributed by atoms with Gasteiger partial charge in [-0.2, -0.15) is 0 Å². The van der Waals surface area contributed by atoms with Crippen LogP contribution in [0.1, 0.15) is 25.0 Å². The van der Waals surface area contributed by atoms with Gasteiger partial charge in [-0.3, -0.25) is 4.79 Å². The Labute approximate surface area is 201 Å². The summed E-state index contributed by atoms with van der Waals surface area (Å²) >= 11 is 0. The molecule has 0 saturated heterocycles. The van der Waals surface area contributed by atoms with Crippen molar-refractivity contribution in [1.82, 2.24) is 15.5 Å². The molecule has 0 spiro atoms. The molecule has 0 radical (unpaired) electrons. The average Bonchev–Trinajstić information content (AvgIpc) is 3.24. The molecule has 2 aromatic rings. The number of amides is 1. The Kier molecular flexibility index (Phi) is 10.4. The monoisotopic (exact) mass is 538 g/mol. The van der Waals surface area contributed by atoms with Crippen LogP contribution in [0.2, 0.25) is 0 Å². The molecule has 0 aliphatic carbocycles. The highest BCUT2D eigenvalue weighted by atomic mass is 127. The van der Waals surface area contributed by atoms with E-state index >= 15 is 0 Å². The molecule has 2 N–H and O–H groups in total. The Bertz CT molecular complexity index is 861. The van der Waals surface area contributed by atoms with Crippen molar-refractivity contribution in [3.8, 4) is 11.5 Å². The first-order chi connectivity index (χ1) is 14.7. The molecule has 0 aromatic heterocycles. The molecule has 0 atom stereocenters. The van der Waals surface area contributed by atoms with E-state index in [0.717, 1.165) is 35.6 Å². The molecule has 8 heteroatoms. The largest absolute Gasteiger partial charge is 0.454 e. The third-order valence-electron chi connectivity index (χ3n) is 4.81. The zero-order chi connectivity index (χ0) is 21.2. The number of hydrogen-bond acceptors (Lipinski definition) is 4. The third kappa shape index (κ3) is 7.61. The number of nitrogens with zero attached hydrogens (tertiary/aromatic N) is 2. The maximum absolute atomic E-state index is 12.6. The fourth-order valence-corrected chi connectivity index (χ4v) is 3.19. The summed E-state index contributed by atoms with van der Waals surface area (Å²) in [5.41, 5.74) is 2.27. The van der Waals surface area contributed by atoms with Crippen LogP contribution in [0.5, 0.6) is 11.5 Å². The Hall–Kier alpha value is -2.49. The first-order valence-corrected chi connectivity index (χ1v) is 10.4. The summed E-state index contributed by atoms with van der Waals surface area (Å²) in [6.45, 7) is 7.05. The van der Waals surface area contributed by atoms with E-state index in [4.69, 9.17) is 9.47 Å². The van der Waals surface area contributed by atoms with E-state index in [2.05, 4.69) is 15.6 Å². The van der Waals surface area contributed by atoms with Gasteiger partial charge in [0, 0.05) is 26.2 Å². The van der Waals surface area contributed by atoms with Crippen LogP contribution in [0.15, 0.2) is 53.5 Å². The third-order valence-corrected chi connectivity index (χ3v) is 4.81. The number of guanidine groups is 1. The van der Waals surface area contributed by atoms with Crippen molar-refractivity contribution >= 4 is 35.8 Å². The van der Waals surface area contributed by atoms with Crippen molar-refractivity contribution in [3.63, 3.8) is 0 Å². The number of rotatable bonds is 9. The second kappa shape index (κ2) is 13.0. The van der Waals surface area contributed by atoms with Gasteiger partial charge in [0.25, 0.3) is 0 Å². The van der Waals surface area contributed by atoms with Crippen LogP contribution < -0.4 is 20.1 Å². The van der Waals surface area contributed by atoms with Gasteiger partial charge < -0.3 is 25.0 Å². The highest BCUT2D eigenvalue weighted by Crippen LogP contribution is 2.32. The van der Waals surface area contributed by atoms with E-state index in [1.165, 1.54) is 0 Å². The van der Waals surface area contributed by atoms with Gasteiger partial charge in [-0.25, -0.2) is 4.99 Å². The molecule has 0 fully saturated rings. The van der Waals surface area contributed by atoms with Crippen LogP contribution in [0.4, 0.5) is 0 Å². The van der Waals surface area contributed by atoms with E-state index in [1.54, 1.807) is 0 Å². The Morgan fingerprint density at radius 2 is 1.81 bits per heavy atom. The fourth-order valence-electron chi connectivity index (χ4n) is 3.19. The highest BCUT2D eigenvalue weighted by molar-refractivity contribution is 14.0. The zero-order valence-electron chi connectivity index (χ0n) is 18.1. The van der Waals surface area contributed by atoms with Crippen LogP contribution in [-0.4, -0.2) is 49.7 Å². The Morgan fingerprint density at radius 1 is 1.03 bits per heavy atom. The maximum atomic E-state index is 12.6. The summed E-state index contributed by atoms with van der Waals surface area (Å²) in [5, 5.41) is 6.49. The van der Waals surface area contributed by atoms with Gasteiger partial charge in [-0.1, -0.05) is 36.4 Å². The van der Waals surface area contributed by atoms with Gasteiger partial charge in [0.1, 0.15) is 6.54 Å². The molecule has 0 unspecified atom stereocenters. The molecule has 31 heavy (non-hydrogen) atoms. The molecular formula is C23H31IN4O3. The molecule has 168 valence electrons. The van der Waals surface area contributed by atoms with E-state index in [1.807, 2.05) is 67.3 Å². The van der Waals surface area contributed by atoms with Gasteiger partial charge in [0.05, 0.1) is 0 Å². The van der Waals surface area contributed by atoms with Crippen molar-refractivity contribution in [3.05, 3.63) is 59.7 Å². The summed E-state index contributed by atoms with van der Waals surface area (Å²) in [6.07, 6.45) is 0.810. The van der Waals surface area contributed by atoms with Crippen molar-refractivity contribution in [2.45, 2.75) is 26.8 Å². The van der Waals surface area contributed by atoms with Gasteiger partial charge in [0.15, 0.2) is 17.5 Å². The van der Waals surface area contributed by atoms with E-state index in [-0.39, 0.29) is 43.2 Å². The molecule has 0 saturated carbocycles. The second-order valence-corrected chi connectivity index (χ2v) is 6.95. The minimum atomic E-state index is 0. The summed E-state index contributed by atoms with van der Waals surface area (Å²) < 4.78 is 10.8. The van der Waals surface area contributed by atoms with Crippen LogP contribution in [-0.2, 0) is 17.8 Å². The predicted octanol–water partition coefficient (Wildman–Crippen LogP) is 3.18. The lowest BCUT2D eigenvalue weighted by molar-refractivity contribution is -0.130. The lowest BCUT2D eigenvalue weighted by atomic mass is 10.1. The normalized spacial score (nSPS) is 12.1. The lowest BCUT2D eigenvalue weighted by Crippen LogP contribution is -2.40. The highest BCUT2D eigenvalue weighted by Gasteiger charge is 2.14. The van der Waals surface area contributed by atoms with Gasteiger partial charge in [-0.15, -0.1) is 24.0 Å². The van der Waals surface area contributed by atoms with Crippen molar-refractivity contribution < 1.29 is 14.3 Å². The number of ether oxygens (including phenoxy) is 2. The van der Waals surface area contributed by atoms with Crippen LogP contribution in [0, 0.1) is 0 Å². The summed E-state index contributed by atoms with van der Waals surface area (Å²) in [4.78, 5) is 18.9. The number of likely N-dealkylation sites (N-methyl/N-ethyl adjacent to an activating group) is 1. The number of fused-ring (bicyclic) bond motifs is 1. The first-order valence-electron chi connectivity index (χ1n) is 10.4. The van der Waals surface area contributed by atoms with Crippen molar-refractivity contribution in [2.24, 2.45) is 4.99 Å². The van der Waals surface area contributed by atoms with E-state index in [0.29, 0.717) is 25.6 Å². The Morgan fingerprint density at radius 3 is 2.55 bits per heavy atom. The fraction of sp³-hybridized carbons (Fsp3) is 0.391. The lowest BCUT2D eigenvalue weighted by Gasteiger charge is -2.20. The van der Waals surface area contributed by atoms with Crippen molar-refractivity contribution in [1.29, 1.82) is 0 Å². The smallest absolute Gasteiger partial charge is 0.244 e. The van der Waals surface area contributed by atoms with E-state index < -0.39 is 0 Å². The first kappa shape index (κ1) is 24.8. The average molecular weight is 538 g/mol. The standard InChI is InChI=1S/C23H30N4O3.HI/c1-3-24-23(25-13-12-18-10-11-20-21(14-18)30-17-29-20)26-15-22(28)27(4-2)16-19-8-6-5-7-9-19;/h5-11,14H,3-4,12-13,15-17H2,1-2H3,(H2,24,25,26);1H. The topological polar surface area (TPSA) is 75.2 Å². The van der Waals surface area contributed by atoms with Crippen LogP contribution in [0.3, 0.4) is 0 Å². The molecule has 7 nitrogen and oxygen atoms in total. The SMILES string of the molecule is CCNC(=NCC(=O)N(CC)Cc1ccccc1)NCCc1ccc2c(c1)OCO2.I. The summed E-state index contributed by atoms with van der Waals surface area (Å²) in [7, 11) is 0. The molecular weight excluding hydrogens is 507 g/mol. The molecule has 3 rings (SSSR count). The van der Waals surface area contributed by atoms with Gasteiger partial charge in [-0.05, 0) is 43.5 Å². The maximum Gasteiger partial charge on any atom is 0.244 e. The van der Waals surface area contributed by atoms with Crippen LogP contribution >= 0.6 is 24.0 Å². The number of carbonyl (C=O) groups is 1. The molecule has 2 aromatic carbocycles. The number of benzene rings is 2. The van der Waals surface area contributed by atoms with Crippen molar-refractivity contribution in [2.75, 3.05) is 33.0 Å². The van der Waals surface area contributed by atoms with E-state index in [9.17, 15) is 4.79 Å². The number of halogens is 1. The number of carbonyl (C=O) groups excluding carboxylic acids is 1. The summed E-state index contributed by atoms with van der Waals surface area (Å²) in [6, 6.07) is 16.0. The molecule has 1 heterocycles. The summed E-state index contributed by atoms with van der Waals surface area (Å²) in [5.74, 6) is 2.23. The minimum absolute atomic E-state index is 0. The number of aliphatic imine (C=N–C) groups is 1. The molecule has 1 aliphatic heterocycles. The molecule has 0 bridgehead atoms. The van der Waals surface area contributed by atoms with Crippen LogP contribution in [0.25, 0.3) is 0 Å². The van der Waals surface area contributed by atoms with Gasteiger partial charge >= 0.3 is 0 Å². The molecule has 1 aliphatic rings. The quantitative estimate of drug-likeness (QED) is 0.292. The van der Waals surface area contributed by atoms with Gasteiger partial charge in [0.2, 0.25) is 12.7 Å². The zero-order valence-corrected chi connectivity index (χ0v) is 20.4. The minimum Gasteiger partial charge on any atom is -0.454 e. The predicted molar refractivity (Wildman–Crippen MR) is 133 cm³/mol.